The van der Waals surface area contributed by atoms with Crippen molar-refractivity contribution >= 4 is 30.5 Å². The lowest BCUT2D eigenvalue weighted by Gasteiger charge is -2.22. The van der Waals surface area contributed by atoms with E-state index in [1.807, 2.05) is 18.2 Å². The highest BCUT2D eigenvalue weighted by atomic mass is 16.6. The van der Waals surface area contributed by atoms with E-state index in [4.69, 9.17) is 23.9 Å². The molecule has 1 atom stereocenters. The summed E-state index contributed by atoms with van der Waals surface area (Å²) >= 11 is 0. The Morgan fingerprint density at radius 1 is 0.946 bits per heavy atom. The highest BCUT2D eigenvalue weighted by molar-refractivity contribution is 6.64. The average Bonchev–Trinajstić information content (AvgIpc) is 3.27. The molecule has 5 rings (SSSR count). The molecule has 1 aliphatic carbocycles. The van der Waals surface area contributed by atoms with Gasteiger partial charge in [0, 0.05) is 11.0 Å². The minimum atomic E-state index is -1.10. The summed E-state index contributed by atoms with van der Waals surface area (Å²) in [6.07, 6.45) is 1.36. The lowest BCUT2D eigenvalue weighted by Crippen LogP contribution is -2.47. The van der Waals surface area contributed by atoms with E-state index in [1.165, 1.54) is 17.0 Å². The minimum Gasteiger partial charge on any atom is -0.494 e. The van der Waals surface area contributed by atoms with Crippen LogP contribution in [0.1, 0.15) is 34.0 Å². The van der Waals surface area contributed by atoms with E-state index >= 15 is 0 Å². The van der Waals surface area contributed by atoms with Gasteiger partial charge in [-0.3, -0.25) is 14.5 Å². The van der Waals surface area contributed by atoms with E-state index < -0.39 is 25.0 Å². The first-order valence-electron chi connectivity index (χ1n) is 11.8. The lowest BCUT2D eigenvalue weighted by atomic mass is 9.78. The van der Waals surface area contributed by atoms with E-state index in [2.05, 4.69) is 0 Å². The van der Waals surface area contributed by atoms with Gasteiger partial charge < -0.3 is 23.9 Å². The van der Waals surface area contributed by atoms with Crippen molar-refractivity contribution < 1.29 is 38.3 Å². The number of carbonyl (C=O) groups is 3. The van der Waals surface area contributed by atoms with Crippen LogP contribution in [0.3, 0.4) is 0 Å². The van der Waals surface area contributed by atoms with Crippen molar-refractivity contribution in [2.45, 2.75) is 18.9 Å². The van der Waals surface area contributed by atoms with Gasteiger partial charge in [0.2, 0.25) is 0 Å². The van der Waals surface area contributed by atoms with Crippen molar-refractivity contribution in [2.24, 2.45) is 0 Å². The molecule has 0 spiro atoms. The molecule has 0 saturated carbocycles. The molecule has 1 aliphatic heterocycles. The highest BCUT2D eigenvalue weighted by Gasteiger charge is 2.34. The maximum Gasteiger partial charge on any atom is 0.636 e. The zero-order valence-electron chi connectivity index (χ0n) is 20.1. The first kappa shape index (κ1) is 24.4. The van der Waals surface area contributed by atoms with Gasteiger partial charge in [-0.05, 0) is 67.9 Å². The fourth-order valence-corrected chi connectivity index (χ4v) is 4.43. The Bertz CT molecular complexity index is 1310. The topological polar surface area (TPSA) is 112 Å². The summed E-state index contributed by atoms with van der Waals surface area (Å²) in [5.74, 6) is -0.0428. The number of hydrogen-bond acceptors (Lipinski definition) is 8. The molecule has 188 valence electrons. The third-order valence-electron chi connectivity index (χ3n) is 6.21. The van der Waals surface area contributed by atoms with Crippen molar-refractivity contribution in [3.05, 3.63) is 83.4 Å². The number of fused-ring (bicyclic) bond motifs is 1. The molecule has 1 fully saturated rings. The average molecular weight is 501 g/mol. The maximum atomic E-state index is 12.0. The minimum absolute atomic E-state index is 0.00717. The molecular weight excluding hydrogens is 477 g/mol. The second-order valence-electron chi connectivity index (χ2n) is 8.95. The molecule has 2 aliphatic rings. The number of carboxylic acids is 1. The van der Waals surface area contributed by atoms with E-state index in [0.717, 1.165) is 24.0 Å². The van der Waals surface area contributed by atoms with Gasteiger partial charge in [-0.2, -0.15) is 0 Å². The molecule has 3 aromatic carbocycles. The van der Waals surface area contributed by atoms with Gasteiger partial charge in [-0.15, -0.1) is 0 Å². The Balaban J connectivity index is 1.27. The highest BCUT2D eigenvalue weighted by Crippen LogP contribution is 2.40. The molecular formula is C27H24BNO8. The molecule has 1 heterocycles. The van der Waals surface area contributed by atoms with E-state index in [1.54, 1.807) is 43.4 Å². The van der Waals surface area contributed by atoms with Gasteiger partial charge in [0.25, 0.3) is 0 Å². The molecule has 0 amide bonds. The Morgan fingerprint density at radius 2 is 1.59 bits per heavy atom. The van der Waals surface area contributed by atoms with Crippen molar-refractivity contribution in [1.29, 1.82) is 0 Å². The van der Waals surface area contributed by atoms with Gasteiger partial charge in [-0.1, -0.05) is 24.3 Å². The molecule has 10 heteroatoms. The summed E-state index contributed by atoms with van der Waals surface area (Å²) in [5.41, 5.74) is 2.80. The number of hydrogen-bond donors (Lipinski definition) is 1. The van der Waals surface area contributed by atoms with Crippen molar-refractivity contribution in [1.82, 2.24) is 4.90 Å². The number of aromatic carboxylic acids is 1. The quantitative estimate of drug-likeness (QED) is 0.510. The number of carbonyl (C=O) groups excluding carboxylic acids is 2. The first-order chi connectivity index (χ1) is 17.9. The number of carboxylic acid groups (broad SMARTS) is 1. The summed E-state index contributed by atoms with van der Waals surface area (Å²) in [7, 11) is 0.545. The van der Waals surface area contributed by atoms with Gasteiger partial charge in [0.1, 0.15) is 23.4 Å². The van der Waals surface area contributed by atoms with Crippen LogP contribution in [0.4, 0.5) is 0 Å². The van der Waals surface area contributed by atoms with Crippen LogP contribution in [0.15, 0.2) is 66.7 Å². The second-order valence-corrected chi connectivity index (χ2v) is 8.95. The van der Waals surface area contributed by atoms with Crippen LogP contribution in [-0.2, 0) is 25.3 Å². The van der Waals surface area contributed by atoms with Crippen LogP contribution in [0, 0.1) is 0 Å². The van der Waals surface area contributed by atoms with Crippen molar-refractivity contribution in [2.75, 3.05) is 20.1 Å². The zero-order valence-corrected chi connectivity index (χ0v) is 20.1. The van der Waals surface area contributed by atoms with Crippen LogP contribution in [0.2, 0.25) is 0 Å². The van der Waals surface area contributed by atoms with E-state index in [0.29, 0.717) is 22.7 Å². The Labute approximate surface area is 213 Å². The van der Waals surface area contributed by atoms with Crippen LogP contribution < -0.4 is 14.9 Å². The van der Waals surface area contributed by atoms with Crippen LogP contribution in [0.25, 0.3) is 0 Å². The number of nitrogens with zero attached hydrogens (tertiary/aromatic N) is 1. The molecule has 1 N–H and O–H groups in total. The van der Waals surface area contributed by atoms with Crippen LogP contribution in [-0.4, -0.2) is 55.2 Å². The Morgan fingerprint density at radius 3 is 2.24 bits per heavy atom. The van der Waals surface area contributed by atoms with E-state index in [9.17, 15) is 14.4 Å². The van der Waals surface area contributed by atoms with Gasteiger partial charge in [-0.25, -0.2) is 4.79 Å². The number of benzene rings is 3. The smallest absolute Gasteiger partial charge is 0.494 e. The first-order valence-corrected chi connectivity index (χ1v) is 11.8. The Kier molecular flexibility index (Phi) is 6.83. The monoisotopic (exact) mass is 501 g/mol. The predicted octanol–water partition coefficient (Wildman–Crippen LogP) is 2.97. The number of ether oxygens (including phenoxy) is 2. The molecule has 1 unspecified atom stereocenters. The molecule has 37 heavy (non-hydrogen) atoms. The van der Waals surface area contributed by atoms with E-state index in [-0.39, 0.29) is 24.8 Å². The summed E-state index contributed by atoms with van der Waals surface area (Å²) in [4.78, 5) is 36.7. The van der Waals surface area contributed by atoms with Crippen molar-refractivity contribution in [3.8, 4) is 17.2 Å². The summed E-state index contributed by atoms with van der Waals surface area (Å²) in [5, 5.41) is 9.08. The fraction of sp³-hybridized carbons (Fsp3) is 0.222. The molecule has 0 bridgehead atoms. The predicted molar refractivity (Wildman–Crippen MR) is 133 cm³/mol. The maximum absolute atomic E-state index is 12.0. The zero-order chi connectivity index (χ0) is 25.9. The normalized spacial score (nSPS) is 17.8. The number of likely N-dealkylation sites (N-methyl/N-ethyl adjacent to an activating group) is 1. The van der Waals surface area contributed by atoms with Crippen LogP contribution in [0.5, 0.6) is 17.2 Å². The fourth-order valence-electron chi connectivity index (χ4n) is 4.43. The van der Waals surface area contributed by atoms with Crippen molar-refractivity contribution in [3.63, 3.8) is 0 Å². The molecule has 0 aromatic heterocycles. The summed E-state index contributed by atoms with van der Waals surface area (Å²) < 4.78 is 22.9. The second kappa shape index (κ2) is 10.4. The molecule has 1 saturated heterocycles. The SMILES string of the molecule is CN1CC(=O)OB(c2ccc(OC3CCc4c(Oc5ccc(C(=O)O)cc5)cccc43)cc2)OC(=O)C1. The molecule has 3 aromatic rings. The van der Waals surface area contributed by atoms with Crippen LogP contribution >= 0.6 is 0 Å². The Hall–Kier alpha value is -4.31. The third kappa shape index (κ3) is 5.59. The molecule has 0 radical (unpaired) electrons. The molecule has 9 nitrogen and oxygen atoms in total. The third-order valence-corrected chi connectivity index (χ3v) is 6.21. The summed E-state index contributed by atoms with van der Waals surface area (Å²) in [6, 6.07) is 19.0. The lowest BCUT2D eigenvalue weighted by molar-refractivity contribution is -0.145. The number of rotatable bonds is 6. The van der Waals surface area contributed by atoms with Gasteiger partial charge >= 0.3 is 25.0 Å². The largest absolute Gasteiger partial charge is 0.636 e. The van der Waals surface area contributed by atoms with Gasteiger partial charge in [0.15, 0.2) is 0 Å². The standard InChI is InChI=1S/C27H24BNO8/c1-29-15-25(30)36-28(37-26(31)16-29)18-7-11-20(12-8-18)35-24-14-13-22-21(24)3-2-4-23(22)34-19-9-5-17(6-10-19)27(32)33/h2-12,24H,13-16H2,1H3,(H,32,33). The summed E-state index contributed by atoms with van der Waals surface area (Å²) in [6.45, 7) is 0.0143. The van der Waals surface area contributed by atoms with Gasteiger partial charge in [0.05, 0.1) is 18.7 Å².